The highest BCUT2D eigenvalue weighted by Gasteiger charge is 2.67. The van der Waals surface area contributed by atoms with Crippen molar-refractivity contribution in [2.24, 2.45) is 0 Å². The van der Waals surface area contributed by atoms with Crippen LogP contribution in [0.25, 0.3) is 0 Å². The van der Waals surface area contributed by atoms with Gasteiger partial charge in [0.2, 0.25) is 0 Å². The summed E-state index contributed by atoms with van der Waals surface area (Å²) in [5.74, 6) is -2.76. The number of hydrogen-bond acceptors (Lipinski definition) is 7. The molecule has 0 bridgehead atoms. The molecule has 114 valence electrons. The Hall–Kier alpha value is -0.770. The van der Waals surface area contributed by atoms with Crippen LogP contribution < -0.4 is 5.32 Å². The maximum atomic E-state index is 12.2. The average molecular weight is 289 g/mol. The van der Waals surface area contributed by atoms with Crippen molar-refractivity contribution in [1.82, 2.24) is 5.32 Å². The second-order valence-corrected chi connectivity index (χ2v) is 5.69. The quantitative estimate of drug-likeness (QED) is 0.363. The van der Waals surface area contributed by atoms with E-state index < -0.39 is 48.4 Å². The predicted molar refractivity (Wildman–Crippen MR) is 63.1 cm³/mol. The molecule has 0 aromatic heterocycles. The van der Waals surface area contributed by atoms with Gasteiger partial charge < -0.3 is 35.2 Å². The lowest BCUT2D eigenvalue weighted by Gasteiger charge is -2.44. The highest BCUT2D eigenvalue weighted by molar-refractivity contribution is 5.87. The minimum Gasteiger partial charge on any atom is -0.394 e. The van der Waals surface area contributed by atoms with Gasteiger partial charge >= 0.3 is 0 Å². The molecule has 1 amide bonds. The number of nitrogens with one attached hydrogen (secondary N) is 1. The average Bonchev–Trinajstić information content (AvgIpc) is 2.98. The van der Waals surface area contributed by atoms with Crippen LogP contribution in [-0.4, -0.2) is 68.9 Å². The Morgan fingerprint density at radius 3 is 2.45 bits per heavy atom. The summed E-state index contributed by atoms with van der Waals surface area (Å²) in [6.45, 7) is -0.601. The second kappa shape index (κ2) is 4.62. The first kappa shape index (κ1) is 14.2. The van der Waals surface area contributed by atoms with Gasteiger partial charge in [-0.25, -0.2) is 0 Å². The molecule has 1 saturated carbocycles. The third-order valence-electron chi connectivity index (χ3n) is 4.37. The van der Waals surface area contributed by atoms with Crippen LogP contribution in [0.1, 0.15) is 25.7 Å². The molecule has 0 aromatic rings. The first-order chi connectivity index (χ1) is 9.44. The lowest BCUT2D eigenvalue weighted by molar-refractivity contribution is -0.353. The molecule has 2 saturated heterocycles. The van der Waals surface area contributed by atoms with Crippen LogP contribution in [0, 0.1) is 0 Å². The van der Waals surface area contributed by atoms with Gasteiger partial charge in [0.25, 0.3) is 11.7 Å². The van der Waals surface area contributed by atoms with Gasteiger partial charge in [0.05, 0.1) is 6.61 Å². The molecule has 0 radical (unpaired) electrons. The van der Waals surface area contributed by atoms with Crippen molar-refractivity contribution in [3.8, 4) is 0 Å². The minimum atomic E-state index is -2.07. The van der Waals surface area contributed by atoms with Crippen molar-refractivity contribution < 1.29 is 34.7 Å². The SMILES string of the molecule is O=C1NC2(CCCC2)O[C@]12O[C@H](CO)[C@@H](O)[C@H](O)[C@H]2O. The molecule has 2 aliphatic heterocycles. The summed E-state index contributed by atoms with van der Waals surface area (Å²) < 4.78 is 11.0. The van der Waals surface area contributed by atoms with Crippen LogP contribution >= 0.6 is 0 Å². The van der Waals surface area contributed by atoms with E-state index in [0.29, 0.717) is 12.8 Å². The first-order valence-corrected chi connectivity index (χ1v) is 6.80. The third-order valence-corrected chi connectivity index (χ3v) is 4.37. The number of carbonyl (C=O) groups is 1. The minimum absolute atomic E-state index is 0.596. The summed E-state index contributed by atoms with van der Waals surface area (Å²) >= 11 is 0. The molecule has 5 atom stereocenters. The van der Waals surface area contributed by atoms with Crippen molar-refractivity contribution >= 4 is 5.91 Å². The van der Waals surface area contributed by atoms with Gasteiger partial charge in [-0.1, -0.05) is 0 Å². The van der Waals surface area contributed by atoms with E-state index in [1.807, 2.05) is 0 Å². The van der Waals surface area contributed by atoms with Crippen LogP contribution in [0.5, 0.6) is 0 Å². The normalized spacial score (nSPS) is 47.1. The Balaban J connectivity index is 1.92. The van der Waals surface area contributed by atoms with Crippen molar-refractivity contribution in [2.45, 2.75) is 61.6 Å². The number of carbonyl (C=O) groups excluding carboxylic acids is 1. The molecule has 3 fully saturated rings. The Morgan fingerprint density at radius 1 is 1.20 bits per heavy atom. The standard InChI is InChI=1S/C12H19NO7/c14-5-6-7(15)8(16)9(17)12(19-6)10(18)13-11(20-12)3-1-2-4-11/h6-9,14-17H,1-5H2,(H,13,18)/t6-,7-,8+,9-,12+/m1/s1. The van der Waals surface area contributed by atoms with E-state index in [2.05, 4.69) is 5.32 Å². The fourth-order valence-electron chi connectivity index (χ4n) is 3.24. The Bertz CT molecular complexity index is 409. The van der Waals surface area contributed by atoms with E-state index in [1.54, 1.807) is 0 Å². The van der Waals surface area contributed by atoms with E-state index in [9.17, 15) is 25.2 Å². The number of aliphatic hydroxyl groups excluding tert-OH is 4. The summed E-state index contributed by atoms with van der Waals surface area (Å²) in [5.41, 5.74) is -0.889. The summed E-state index contributed by atoms with van der Waals surface area (Å²) in [6, 6.07) is 0. The van der Waals surface area contributed by atoms with Gasteiger partial charge in [-0.3, -0.25) is 4.79 Å². The molecular weight excluding hydrogens is 270 g/mol. The maximum Gasteiger partial charge on any atom is 0.285 e. The monoisotopic (exact) mass is 289 g/mol. The van der Waals surface area contributed by atoms with Gasteiger partial charge in [-0.2, -0.15) is 0 Å². The van der Waals surface area contributed by atoms with Gasteiger partial charge in [-0.15, -0.1) is 0 Å². The van der Waals surface area contributed by atoms with Crippen LogP contribution in [0.3, 0.4) is 0 Å². The van der Waals surface area contributed by atoms with Gasteiger partial charge in [0, 0.05) is 0 Å². The fraction of sp³-hybridized carbons (Fsp3) is 0.917. The molecule has 2 heterocycles. The van der Waals surface area contributed by atoms with E-state index >= 15 is 0 Å². The predicted octanol–water partition coefficient (Wildman–Crippen LogP) is -2.43. The van der Waals surface area contributed by atoms with E-state index in [4.69, 9.17) is 9.47 Å². The molecule has 0 aromatic carbocycles. The van der Waals surface area contributed by atoms with Gasteiger partial charge in [0.15, 0.2) is 0 Å². The zero-order chi connectivity index (χ0) is 14.5. The van der Waals surface area contributed by atoms with E-state index in [-0.39, 0.29) is 0 Å². The van der Waals surface area contributed by atoms with E-state index in [0.717, 1.165) is 12.8 Å². The zero-order valence-corrected chi connectivity index (χ0v) is 10.9. The van der Waals surface area contributed by atoms with E-state index in [1.165, 1.54) is 0 Å². The number of ether oxygens (including phenoxy) is 2. The Morgan fingerprint density at radius 2 is 1.85 bits per heavy atom. The molecule has 8 heteroatoms. The molecule has 0 unspecified atom stereocenters. The molecule has 3 rings (SSSR count). The first-order valence-electron chi connectivity index (χ1n) is 6.80. The summed E-state index contributed by atoms with van der Waals surface area (Å²) in [5, 5.41) is 41.6. The summed E-state index contributed by atoms with van der Waals surface area (Å²) in [4.78, 5) is 12.2. The highest BCUT2D eigenvalue weighted by Crippen LogP contribution is 2.44. The van der Waals surface area contributed by atoms with Crippen molar-refractivity contribution in [2.75, 3.05) is 6.61 Å². The molecule has 20 heavy (non-hydrogen) atoms. The van der Waals surface area contributed by atoms with Crippen molar-refractivity contribution in [3.63, 3.8) is 0 Å². The fourth-order valence-corrected chi connectivity index (χ4v) is 3.24. The maximum absolute atomic E-state index is 12.2. The summed E-state index contributed by atoms with van der Waals surface area (Å²) in [7, 11) is 0. The second-order valence-electron chi connectivity index (χ2n) is 5.69. The molecule has 3 aliphatic rings. The number of amides is 1. The molecule has 1 aliphatic carbocycles. The lowest BCUT2D eigenvalue weighted by Crippen LogP contribution is -2.68. The third kappa shape index (κ3) is 1.80. The lowest BCUT2D eigenvalue weighted by atomic mass is 9.92. The molecule has 8 nitrogen and oxygen atoms in total. The van der Waals surface area contributed by atoms with Crippen LogP contribution in [0.2, 0.25) is 0 Å². The Kier molecular flexibility index (Phi) is 3.27. The largest absolute Gasteiger partial charge is 0.394 e. The molecular formula is C12H19NO7. The topological polar surface area (TPSA) is 128 Å². The van der Waals surface area contributed by atoms with Crippen LogP contribution in [0.4, 0.5) is 0 Å². The van der Waals surface area contributed by atoms with Gasteiger partial charge in [0.1, 0.15) is 30.1 Å². The zero-order valence-electron chi connectivity index (χ0n) is 10.9. The smallest absolute Gasteiger partial charge is 0.285 e. The number of rotatable bonds is 1. The number of hydrogen-bond donors (Lipinski definition) is 5. The van der Waals surface area contributed by atoms with Crippen LogP contribution in [-0.2, 0) is 14.3 Å². The van der Waals surface area contributed by atoms with Crippen LogP contribution in [0.15, 0.2) is 0 Å². The molecule has 5 N–H and O–H groups in total. The number of aliphatic hydroxyl groups is 4. The highest BCUT2D eigenvalue weighted by atomic mass is 16.8. The van der Waals surface area contributed by atoms with Gasteiger partial charge in [-0.05, 0) is 25.7 Å². The molecule has 2 spiro atoms. The van der Waals surface area contributed by atoms with Crippen molar-refractivity contribution in [1.29, 1.82) is 0 Å². The van der Waals surface area contributed by atoms with Crippen molar-refractivity contribution in [3.05, 3.63) is 0 Å². The Labute approximate surface area is 115 Å². The summed E-state index contributed by atoms with van der Waals surface area (Å²) in [6.07, 6.45) is -3.10.